The van der Waals surface area contributed by atoms with Gasteiger partial charge in [-0.05, 0) is 43.5 Å². The minimum Gasteiger partial charge on any atom is -0.388 e. The number of aryl methyl sites for hydroxylation is 1. The van der Waals surface area contributed by atoms with Crippen LogP contribution in [0.15, 0.2) is 18.2 Å². The monoisotopic (exact) mass is 179 g/mol. The third-order valence-corrected chi connectivity index (χ3v) is 2.45. The lowest BCUT2D eigenvalue weighted by Crippen LogP contribution is -2.08. The van der Waals surface area contributed by atoms with E-state index >= 15 is 0 Å². The highest BCUT2D eigenvalue weighted by molar-refractivity contribution is 5.34. The van der Waals surface area contributed by atoms with Gasteiger partial charge in [-0.25, -0.2) is 0 Å². The van der Waals surface area contributed by atoms with Gasteiger partial charge in [-0.1, -0.05) is 18.2 Å². The first-order valence-corrected chi connectivity index (χ1v) is 4.61. The highest BCUT2D eigenvalue weighted by atomic mass is 16.3. The molecule has 2 heteroatoms. The molecule has 3 N–H and O–H groups in total. The topological polar surface area (TPSA) is 46.2 Å². The third-order valence-electron chi connectivity index (χ3n) is 2.45. The van der Waals surface area contributed by atoms with Gasteiger partial charge in [-0.15, -0.1) is 0 Å². The number of benzene rings is 1. The van der Waals surface area contributed by atoms with Crippen molar-refractivity contribution >= 4 is 0 Å². The predicted octanol–water partition coefficient (Wildman–Crippen LogP) is 1.69. The van der Waals surface area contributed by atoms with Crippen molar-refractivity contribution in [1.82, 2.24) is 0 Å². The van der Waals surface area contributed by atoms with Crippen LogP contribution in [0.25, 0.3) is 0 Å². The lowest BCUT2D eigenvalue weighted by atomic mass is 9.98. The van der Waals surface area contributed by atoms with E-state index in [-0.39, 0.29) is 0 Å². The average molecular weight is 179 g/mol. The molecule has 0 aliphatic rings. The summed E-state index contributed by atoms with van der Waals surface area (Å²) >= 11 is 0. The fourth-order valence-corrected chi connectivity index (χ4v) is 1.45. The van der Waals surface area contributed by atoms with Gasteiger partial charge >= 0.3 is 0 Å². The van der Waals surface area contributed by atoms with E-state index in [1.165, 1.54) is 11.1 Å². The Kier molecular flexibility index (Phi) is 3.46. The van der Waals surface area contributed by atoms with Crippen molar-refractivity contribution in [2.45, 2.75) is 26.4 Å². The molecule has 0 aromatic heterocycles. The molecule has 1 rings (SSSR count). The number of aliphatic hydroxyl groups is 1. The number of nitrogens with two attached hydrogens (primary N) is 1. The number of hydrogen-bond donors (Lipinski definition) is 2. The zero-order valence-electron chi connectivity index (χ0n) is 8.25. The Morgan fingerprint density at radius 1 is 1.38 bits per heavy atom. The minimum atomic E-state index is -0.412. The maximum absolute atomic E-state index is 9.75. The molecule has 1 aromatic rings. The van der Waals surface area contributed by atoms with Gasteiger partial charge in [0.2, 0.25) is 0 Å². The minimum absolute atomic E-state index is 0.412. The van der Waals surface area contributed by atoms with Gasteiger partial charge in [-0.3, -0.25) is 0 Å². The fraction of sp³-hybridized carbons (Fsp3) is 0.455. The van der Waals surface area contributed by atoms with Crippen molar-refractivity contribution < 1.29 is 5.11 Å². The quantitative estimate of drug-likeness (QED) is 0.741. The Morgan fingerprint density at radius 3 is 2.69 bits per heavy atom. The van der Waals surface area contributed by atoms with Crippen molar-refractivity contribution in [2.75, 3.05) is 6.54 Å². The van der Waals surface area contributed by atoms with Gasteiger partial charge < -0.3 is 10.8 Å². The van der Waals surface area contributed by atoms with Gasteiger partial charge in [0, 0.05) is 0 Å². The van der Waals surface area contributed by atoms with E-state index in [0.717, 1.165) is 5.56 Å². The Morgan fingerprint density at radius 2 is 2.08 bits per heavy atom. The molecule has 0 saturated carbocycles. The Labute approximate surface area is 79.4 Å². The summed E-state index contributed by atoms with van der Waals surface area (Å²) in [6.45, 7) is 4.60. The summed E-state index contributed by atoms with van der Waals surface area (Å²) in [5.41, 5.74) is 8.79. The van der Waals surface area contributed by atoms with Crippen LogP contribution in [0.3, 0.4) is 0 Å². The number of hydrogen-bond acceptors (Lipinski definition) is 2. The van der Waals surface area contributed by atoms with Crippen LogP contribution in [0.2, 0.25) is 0 Å². The van der Waals surface area contributed by atoms with Gasteiger partial charge in [0.25, 0.3) is 0 Å². The summed E-state index contributed by atoms with van der Waals surface area (Å²) in [7, 11) is 0. The number of aliphatic hydroxyl groups excluding tert-OH is 1. The summed E-state index contributed by atoms with van der Waals surface area (Å²) in [5, 5.41) is 9.75. The van der Waals surface area contributed by atoms with E-state index in [9.17, 15) is 5.11 Å². The van der Waals surface area contributed by atoms with Crippen LogP contribution in [-0.2, 0) is 0 Å². The smallest absolute Gasteiger partial charge is 0.0804 e. The average Bonchev–Trinajstić information content (AvgIpc) is 2.10. The van der Waals surface area contributed by atoms with Gasteiger partial charge in [0.15, 0.2) is 0 Å². The van der Waals surface area contributed by atoms with Crippen LogP contribution < -0.4 is 5.73 Å². The molecule has 2 nitrogen and oxygen atoms in total. The molecule has 72 valence electrons. The first-order chi connectivity index (χ1) is 6.16. The Hall–Kier alpha value is -0.860. The second kappa shape index (κ2) is 4.40. The largest absolute Gasteiger partial charge is 0.388 e. The van der Waals surface area contributed by atoms with E-state index < -0.39 is 6.10 Å². The third kappa shape index (κ3) is 2.29. The molecule has 0 spiro atoms. The predicted molar refractivity (Wildman–Crippen MR) is 54.5 cm³/mol. The van der Waals surface area contributed by atoms with E-state index in [4.69, 9.17) is 5.73 Å². The molecule has 1 atom stereocenters. The van der Waals surface area contributed by atoms with Crippen LogP contribution in [0, 0.1) is 13.8 Å². The molecule has 0 amide bonds. The van der Waals surface area contributed by atoms with Crippen LogP contribution >= 0.6 is 0 Å². The second-order valence-electron chi connectivity index (χ2n) is 3.38. The molecule has 0 radical (unpaired) electrons. The molecule has 0 unspecified atom stereocenters. The van der Waals surface area contributed by atoms with Gasteiger partial charge in [0.05, 0.1) is 6.10 Å². The van der Waals surface area contributed by atoms with Crippen LogP contribution in [0.1, 0.15) is 29.2 Å². The van der Waals surface area contributed by atoms with E-state index in [1.54, 1.807) is 0 Å². The van der Waals surface area contributed by atoms with Crippen molar-refractivity contribution in [2.24, 2.45) is 5.73 Å². The summed E-state index contributed by atoms with van der Waals surface area (Å²) < 4.78 is 0. The molecule has 0 heterocycles. The molecule has 1 aromatic carbocycles. The fourth-order valence-electron chi connectivity index (χ4n) is 1.45. The Balaban J connectivity index is 2.93. The molecule has 0 fully saturated rings. The molecule has 0 bridgehead atoms. The summed E-state index contributed by atoms with van der Waals surface area (Å²) in [6, 6.07) is 5.98. The first-order valence-electron chi connectivity index (χ1n) is 4.61. The van der Waals surface area contributed by atoms with E-state index in [0.29, 0.717) is 13.0 Å². The van der Waals surface area contributed by atoms with Crippen LogP contribution in [0.5, 0.6) is 0 Å². The van der Waals surface area contributed by atoms with Crippen molar-refractivity contribution in [1.29, 1.82) is 0 Å². The maximum atomic E-state index is 9.75. The zero-order valence-corrected chi connectivity index (χ0v) is 8.25. The van der Waals surface area contributed by atoms with Crippen LogP contribution in [-0.4, -0.2) is 11.7 Å². The zero-order chi connectivity index (χ0) is 9.84. The highest BCUT2D eigenvalue weighted by Crippen LogP contribution is 2.21. The SMILES string of the molecule is Cc1cccc([C@H](O)CCN)c1C. The van der Waals surface area contributed by atoms with E-state index in [2.05, 4.69) is 0 Å². The molecular formula is C11H17NO. The van der Waals surface area contributed by atoms with Crippen molar-refractivity contribution in [3.8, 4) is 0 Å². The normalized spacial score (nSPS) is 12.9. The van der Waals surface area contributed by atoms with Crippen molar-refractivity contribution in [3.63, 3.8) is 0 Å². The number of rotatable bonds is 3. The summed E-state index contributed by atoms with van der Waals surface area (Å²) in [4.78, 5) is 0. The molecule has 0 saturated heterocycles. The molecule has 0 aliphatic carbocycles. The molecular weight excluding hydrogens is 162 g/mol. The summed E-state index contributed by atoms with van der Waals surface area (Å²) in [5.74, 6) is 0. The lowest BCUT2D eigenvalue weighted by Gasteiger charge is -2.14. The Bertz CT molecular complexity index is 283. The summed E-state index contributed by atoms with van der Waals surface area (Å²) in [6.07, 6.45) is 0.217. The standard InChI is InChI=1S/C11H17NO/c1-8-4-3-5-10(9(8)2)11(13)6-7-12/h3-5,11,13H,6-7,12H2,1-2H3/t11-/m1/s1. The van der Waals surface area contributed by atoms with Gasteiger partial charge in [-0.2, -0.15) is 0 Å². The first kappa shape index (κ1) is 10.2. The maximum Gasteiger partial charge on any atom is 0.0804 e. The lowest BCUT2D eigenvalue weighted by molar-refractivity contribution is 0.169. The molecule has 0 aliphatic heterocycles. The van der Waals surface area contributed by atoms with Crippen LogP contribution in [0.4, 0.5) is 0 Å². The second-order valence-corrected chi connectivity index (χ2v) is 3.38. The van der Waals surface area contributed by atoms with Crippen molar-refractivity contribution in [3.05, 3.63) is 34.9 Å². The molecule has 13 heavy (non-hydrogen) atoms. The van der Waals surface area contributed by atoms with Gasteiger partial charge in [0.1, 0.15) is 0 Å². The van der Waals surface area contributed by atoms with E-state index in [1.807, 2.05) is 32.0 Å². The highest BCUT2D eigenvalue weighted by Gasteiger charge is 2.09.